The lowest BCUT2D eigenvalue weighted by Gasteiger charge is -2.22. The lowest BCUT2D eigenvalue weighted by molar-refractivity contribution is 0.413. The second-order valence-corrected chi connectivity index (χ2v) is 4.40. The molecule has 0 aliphatic rings. The molecular formula is C12H17O. The Kier molecular flexibility index (Phi) is 2.77. The first-order valence-electron chi connectivity index (χ1n) is 4.54. The zero-order valence-electron chi connectivity index (χ0n) is 8.76. The van der Waals surface area contributed by atoms with Crippen molar-refractivity contribution in [2.45, 2.75) is 33.1 Å². The first kappa shape index (κ1) is 10.3. The van der Waals surface area contributed by atoms with E-state index in [4.69, 9.17) is 5.11 Å². The fraction of sp³-hybridized carbons (Fsp3) is 0.417. The molecular weight excluding hydrogens is 160 g/mol. The Bertz CT molecular complexity index is 294. The molecule has 0 spiro atoms. The lowest BCUT2D eigenvalue weighted by Crippen LogP contribution is -2.13. The van der Waals surface area contributed by atoms with E-state index >= 15 is 0 Å². The molecule has 1 nitrogen and oxygen atoms in total. The van der Waals surface area contributed by atoms with Gasteiger partial charge >= 0.3 is 0 Å². The number of rotatable bonds is 1. The highest BCUT2D eigenvalue weighted by atomic mass is 16.3. The maximum Gasteiger partial charge on any atom is 0.109 e. The molecule has 0 amide bonds. The molecule has 71 valence electrons. The Balaban J connectivity index is 3.24. The Labute approximate surface area is 80.4 Å². The summed E-state index contributed by atoms with van der Waals surface area (Å²) in [5.41, 5.74) is 3.50. The molecule has 13 heavy (non-hydrogen) atoms. The van der Waals surface area contributed by atoms with Crippen LogP contribution in [0.15, 0.2) is 18.2 Å². The molecule has 0 fully saturated rings. The largest absolute Gasteiger partial charge is 0.385 e. The third-order valence-corrected chi connectivity index (χ3v) is 2.32. The van der Waals surface area contributed by atoms with Crippen LogP contribution >= 0.6 is 0 Å². The van der Waals surface area contributed by atoms with Crippen LogP contribution in [0.3, 0.4) is 0 Å². The Morgan fingerprint density at radius 3 is 2.31 bits per heavy atom. The molecule has 1 rings (SSSR count). The molecule has 1 radical (unpaired) electrons. The Hall–Kier alpha value is -0.820. The summed E-state index contributed by atoms with van der Waals surface area (Å²) in [4.78, 5) is 0. The van der Waals surface area contributed by atoms with Gasteiger partial charge in [-0.05, 0) is 29.0 Å². The summed E-state index contributed by atoms with van der Waals surface area (Å²) >= 11 is 0. The fourth-order valence-corrected chi connectivity index (χ4v) is 1.61. The van der Waals surface area contributed by atoms with E-state index in [1.165, 1.54) is 12.2 Å². The summed E-state index contributed by atoms with van der Waals surface area (Å²) in [6.07, 6.45) is 0. The van der Waals surface area contributed by atoms with Gasteiger partial charge in [0.2, 0.25) is 0 Å². The molecule has 0 atom stereocenters. The van der Waals surface area contributed by atoms with E-state index in [-0.39, 0.29) is 5.41 Å². The third-order valence-electron chi connectivity index (χ3n) is 2.32. The summed E-state index contributed by atoms with van der Waals surface area (Å²) in [6, 6.07) is 6.02. The van der Waals surface area contributed by atoms with Gasteiger partial charge in [-0.1, -0.05) is 39.0 Å². The molecule has 0 heterocycles. The minimum Gasteiger partial charge on any atom is -0.385 e. The van der Waals surface area contributed by atoms with Gasteiger partial charge in [0.25, 0.3) is 0 Å². The van der Waals surface area contributed by atoms with E-state index in [0.717, 1.165) is 11.1 Å². The second kappa shape index (κ2) is 3.51. The average Bonchev–Trinajstić information content (AvgIpc) is 2.02. The normalized spacial score (nSPS) is 11.8. The SMILES string of the molecule is Cc1c([CH]O)cccc1C(C)(C)C. The molecule has 1 aromatic carbocycles. The van der Waals surface area contributed by atoms with Crippen molar-refractivity contribution < 1.29 is 5.11 Å². The Morgan fingerprint density at radius 2 is 1.85 bits per heavy atom. The van der Waals surface area contributed by atoms with Gasteiger partial charge < -0.3 is 5.11 Å². The highest BCUT2D eigenvalue weighted by molar-refractivity contribution is 5.40. The minimum absolute atomic E-state index is 0.142. The molecule has 0 aliphatic heterocycles. The summed E-state index contributed by atoms with van der Waals surface area (Å²) in [5, 5.41) is 8.98. The summed E-state index contributed by atoms with van der Waals surface area (Å²) < 4.78 is 0. The quantitative estimate of drug-likeness (QED) is 0.698. The molecule has 0 aliphatic carbocycles. The minimum atomic E-state index is 0.142. The van der Waals surface area contributed by atoms with Crippen LogP contribution in [0.4, 0.5) is 0 Å². The van der Waals surface area contributed by atoms with Crippen molar-refractivity contribution in [3.63, 3.8) is 0 Å². The third kappa shape index (κ3) is 2.10. The molecule has 0 saturated carbocycles. The monoisotopic (exact) mass is 177 g/mol. The number of hydrogen-bond acceptors (Lipinski definition) is 1. The van der Waals surface area contributed by atoms with Gasteiger partial charge in [-0.2, -0.15) is 0 Å². The smallest absolute Gasteiger partial charge is 0.109 e. The van der Waals surface area contributed by atoms with Crippen LogP contribution in [0.2, 0.25) is 0 Å². The first-order chi connectivity index (χ1) is 5.96. The van der Waals surface area contributed by atoms with Crippen molar-refractivity contribution in [3.8, 4) is 0 Å². The summed E-state index contributed by atoms with van der Waals surface area (Å²) in [5.74, 6) is 0. The van der Waals surface area contributed by atoms with E-state index in [0.29, 0.717) is 0 Å². The Morgan fingerprint density at radius 1 is 1.23 bits per heavy atom. The maximum absolute atomic E-state index is 8.98. The maximum atomic E-state index is 8.98. The van der Waals surface area contributed by atoms with E-state index < -0.39 is 0 Å². The van der Waals surface area contributed by atoms with Crippen molar-refractivity contribution in [1.29, 1.82) is 0 Å². The molecule has 1 heteroatoms. The molecule has 1 aromatic rings. The highest BCUT2D eigenvalue weighted by Gasteiger charge is 2.16. The lowest BCUT2D eigenvalue weighted by atomic mass is 9.83. The van der Waals surface area contributed by atoms with Crippen molar-refractivity contribution in [2.24, 2.45) is 0 Å². The molecule has 0 saturated heterocycles. The van der Waals surface area contributed by atoms with Gasteiger partial charge in [0.15, 0.2) is 0 Å². The number of benzene rings is 1. The zero-order chi connectivity index (χ0) is 10.1. The topological polar surface area (TPSA) is 20.2 Å². The van der Waals surface area contributed by atoms with Gasteiger partial charge in [-0.15, -0.1) is 0 Å². The van der Waals surface area contributed by atoms with Crippen molar-refractivity contribution >= 4 is 0 Å². The van der Waals surface area contributed by atoms with Gasteiger partial charge in [0.1, 0.15) is 6.61 Å². The predicted octanol–water partition coefficient (Wildman–Crippen LogP) is 3.17. The van der Waals surface area contributed by atoms with Gasteiger partial charge in [-0.25, -0.2) is 0 Å². The number of aliphatic hydroxyl groups is 1. The van der Waals surface area contributed by atoms with Crippen LogP contribution in [0.5, 0.6) is 0 Å². The first-order valence-corrected chi connectivity index (χ1v) is 4.54. The molecule has 1 N–H and O–H groups in total. The number of hydrogen-bond donors (Lipinski definition) is 1. The van der Waals surface area contributed by atoms with E-state index in [1.807, 2.05) is 19.1 Å². The van der Waals surface area contributed by atoms with Gasteiger partial charge in [0, 0.05) is 0 Å². The van der Waals surface area contributed by atoms with Crippen LogP contribution in [0.25, 0.3) is 0 Å². The zero-order valence-corrected chi connectivity index (χ0v) is 8.76. The number of aliphatic hydroxyl groups excluding tert-OH is 1. The van der Waals surface area contributed by atoms with Crippen LogP contribution in [-0.4, -0.2) is 5.11 Å². The molecule has 0 bridgehead atoms. The van der Waals surface area contributed by atoms with E-state index in [1.54, 1.807) is 0 Å². The van der Waals surface area contributed by atoms with Crippen LogP contribution < -0.4 is 0 Å². The molecule has 0 unspecified atom stereocenters. The van der Waals surface area contributed by atoms with E-state index in [2.05, 4.69) is 26.8 Å². The van der Waals surface area contributed by atoms with Crippen molar-refractivity contribution in [3.05, 3.63) is 41.5 Å². The summed E-state index contributed by atoms with van der Waals surface area (Å²) in [6.45, 7) is 9.75. The van der Waals surface area contributed by atoms with Gasteiger partial charge in [-0.3, -0.25) is 0 Å². The van der Waals surface area contributed by atoms with Crippen molar-refractivity contribution in [1.82, 2.24) is 0 Å². The van der Waals surface area contributed by atoms with Crippen molar-refractivity contribution in [2.75, 3.05) is 0 Å². The highest BCUT2D eigenvalue weighted by Crippen LogP contribution is 2.27. The van der Waals surface area contributed by atoms with E-state index in [9.17, 15) is 0 Å². The van der Waals surface area contributed by atoms with Gasteiger partial charge in [0.05, 0.1) is 0 Å². The fourth-order valence-electron chi connectivity index (χ4n) is 1.61. The summed E-state index contributed by atoms with van der Waals surface area (Å²) in [7, 11) is 0. The van der Waals surface area contributed by atoms with Crippen LogP contribution in [-0.2, 0) is 5.41 Å². The van der Waals surface area contributed by atoms with Crippen LogP contribution in [0, 0.1) is 13.5 Å². The second-order valence-electron chi connectivity index (χ2n) is 4.40. The average molecular weight is 177 g/mol. The predicted molar refractivity (Wildman–Crippen MR) is 55.2 cm³/mol. The molecule has 0 aromatic heterocycles. The standard InChI is InChI=1S/C12H17O/c1-9-10(8-13)6-5-7-11(9)12(2,3)4/h5-8,13H,1-4H3. The van der Waals surface area contributed by atoms with Crippen LogP contribution in [0.1, 0.15) is 37.5 Å².